The first-order chi connectivity index (χ1) is 11.9. The number of furan rings is 1. The molecule has 1 aromatic heterocycles. The maximum atomic E-state index is 12.2. The number of likely N-dealkylation sites (tertiary alicyclic amines) is 2. The van der Waals surface area contributed by atoms with Crippen LogP contribution in [0.4, 0.5) is 4.79 Å². The maximum Gasteiger partial charge on any atom is 0.319 e. The zero-order chi connectivity index (χ0) is 18.2. The summed E-state index contributed by atoms with van der Waals surface area (Å²) in [5.74, 6) is 1.01. The number of carboxylic acid groups (broad SMARTS) is 1. The predicted octanol–water partition coefficient (Wildman–Crippen LogP) is 1.73. The molecule has 7 heteroatoms. The molecule has 2 aliphatic heterocycles. The fourth-order valence-corrected chi connectivity index (χ4v) is 4.13. The molecule has 0 unspecified atom stereocenters. The minimum Gasteiger partial charge on any atom is -0.481 e. The smallest absolute Gasteiger partial charge is 0.319 e. The van der Waals surface area contributed by atoms with E-state index in [1.165, 1.54) is 4.90 Å². The molecule has 3 rings (SSSR count). The summed E-state index contributed by atoms with van der Waals surface area (Å²) >= 11 is 0. The molecule has 1 aromatic rings. The highest BCUT2D eigenvalue weighted by Gasteiger charge is 2.58. The van der Waals surface area contributed by atoms with Gasteiger partial charge in [-0.2, -0.15) is 0 Å². The first-order valence-corrected chi connectivity index (χ1v) is 8.85. The van der Waals surface area contributed by atoms with Crippen molar-refractivity contribution in [1.29, 1.82) is 0 Å². The Labute approximate surface area is 148 Å². The van der Waals surface area contributed by atoms with E-state index in [0.717, 1.165) is 24.4 Å². The van der Waals surface area contributed by atoms with E-state index in [4.69, 9.17) is 4.42 Å². The van der Waals surface area contributed by atoms with Gasteiger partial charge in [0.1, 0.15) is 16.9 Å². The molecule has 0 saturated carbocycles. The molecule has 2 aliphatic rings. The van der Waals surface area contributed by atoms with Crippen LogP contribution in [0.1, 0.15) is 24.9 Å². The number of fused-ring (bicyclic) bond motifs is 1. The monoisotopic (exact) mass is 349 g/mol. The molecule has 2 atom stereocenters. The molecule has 0 spiro atoms. The van der Waals surface area contributed by atoms with Gasteiger partial charge in [-0.25, -0.2) is 4.79 Å². The minimum atomic E-state index is -0.871. The number of nitrogens with zero attached hydrogens (tertiary/aromatic N) is 3. The third-order valence-corrected chi connectivity index (χ3v) is 5.35. The van der Waals surface area contributed by atoms with Crippen LogP contribution in [-0.2, 0) is 17.8 Å². The number of carboxylic acids is 1. The van der Waals surface area contributed by atoms with Crippen LogP contribution in [0.2, 0.25) is 0 Å². The van der Waals surface area contributed by atoms with E-state index in [-0.39, 0.29) is 18.5 Å². The van der Waals surface area contributed by atoms with Crippen molar-refractivity contribution >= 4 is 12.0 Å². The lowest BCUT2D eigenvalue weighted by Crippen LogP contribution is -2.44. The molecule has 1 N–H and O–H groups in total. The molecular formula is C18H27N3O4. The number of carbonyl (C=O) groups is 2. The van der Waals surface area contributed by atoms with Crippen LogP contribution >= 0.6 is 0 Å². The summed E-state index contributed by atoms with van der Waals surface area (Å²) in [6.45, 7) is 4.64. The van der Waals surface area contributed by atoms with Gasteiger partial charge in [-0.15, -0.1) is 0 Å². The zero-order valence-corrected chi connectivity index (χ0v) is 15.2. The lowest BCUT2D eigenvalue weighted by atomic mass is 9.81. The molecule has 2 fully saturated rings. The fraction of sp³-hybridized carbons (Fsp3) is 0.667. The number of aryl methyl sites for hydroxylation is 1. The zero-order valence-electron chi connectivity index (χ0n) is 15.2. The van der Waals surface area contributed by atoms with Gasteiger partial charge in [0.15, 0.2) is 0 Å². The summed E-state index contributed by atoms with van der Waals surface area (Å²) in [5.41, 5.74) is -0.871. The highest BCUT2D eigenvalue weighted by Crippen LogP contribution is 2.43. The third-order valence-electron chi connectivity index (χ3n) is 5.35. The molecule has 25 heavy (non-hydrogen) atoms. The molecule has 0 bridgehead atoms. The van der Waals surface area contributed by atoms with Gasteiger partial charge in [0, 0.05) is 52.6 Å². The fourth-order valence-electron chi connectivity index (χ4n) is 4.13. The molecule has 0 aromatic carbocycles. The summed E-state index contributed by atoms with van der Waals surface area (Å²) in [5, 5.41) is 9.87. The molecule has 138 valence electrons. The first kappa shape index (κ1) is 17.8. The Bertz CT molecular complexity index is 657. The topological polar surface area (TPSA) is 77.2 Å². The molecule has 3 heterocycles. The van der Waals surface area contributed by atoms with Crippen LogP contribution in [0.15, 0.2) is 16.5 Å². The van der Waals surface area contributed by atoms with Crippen LogP contribution in [0.25, 0.3) is 0 Å². The van der Waals surface area contributed by atoms with Crippen molar-refractivity contribution in [2.24, 2.45) is 11.3 Å². The second-order valence-corrected chi connectivity index (χ2v) is 7.50. The van der Waals surface area contributed by atoms with Crippen LogP contribution in [0.3, 0.4) is 0 Å². The highest BCUT2D eigenvalue weighted by molar-refractivity contribution is 5.80. The number of rotatable bonds is 5. The number of urea groups is 1. The Hall–Kier alpha value is -2.02. The summed E-state index contributed by atoms with van der Waals surface area (Å²) < 4.78 is 5.83. The van der Waals surface area contributed by atoms with E-state index in [1.807, 2.05) is 12.1 Å². The number of amides is 2. The van der Waals surface area contributed by atoms with Crippen molar-refractivity contribution in [2.75, 3.05) is 40.3 Å². The molecular weight excluding hydrogens is 322 g/mol. The van der Waals surface area contributed by atoms with E-state index in [2.05, 4.69) is 11.8 Å². The highest BCUT2D eigenvalue weighted by atomic mass is 16.4. The Balaban J connectivity index is 1.69. The van der Waals surface area contributed by atoms with E-state index in [0.29, 0.717) is 26.2 Å². The van der Waals surface area contributed by atoms with Crippen LogP contribution in [0, 0.1) is 11.3 Å². The SMILES string of the molecule is CCCc1ccc(CN2C[C@H]3CN(C(=O)N(C)C)C[C@@]3(C(=O)O)C2)o1. The maximum absolute atomic E-state index is 12.2. The Morgan fingerprint density at radius 1 is 1.28 bits per heavy atom. The average molecular weight is 349 g/mol. The van der Waals surface area contributed by atoms with E-state index >= 15 is 0 Å². The van der Waals surface area contributed by atoms with Gasteiger partial charge in [0.05, 0.1) is 6.54 Å². The van der Waals surface area contributed by atoms with Gasteiger partial charge in [0.25, 0.3) is 0 Å². The van der Waals surface area contributed by atoms with Crippen molar-refractivity contribution in [3.63, 3.8) is 0 Å². The normalized spacial score (nSPS) is 26.0. The third kappa shape index (κ3) is 3.25. The Morgan fingerprint density at radius 2 is 2.00 bits per heavy atom. The van der Waals surface area contributed by atoms with Gasteiger partial charge in [-0.3, -0.25) is 9.69 Å². The quantitative estimate of drug-likeness (QED) is 0.876. The second-order valence-electron chi connectivity index (χ2n) is 7.50. The number of hydrogen-bond donors (Lipinski definition) is 1. The lowest BCUT2D eigenvalue weighted by molar-refractivity contribution is -0.148. The molecule has 0 aliphatic carbocycles. The van der Waals surface area contributed by atoms with E-state index in [9.17, 15) is 14.7 Å². The predicted molar refractivity (Wildman–Crippen MR) is 92.2 cm³/mol. The first-order valence-electron chi connectivity index (χ1n) is 8.85. The van der Waals surface area contributed by atoms with Gasteiger partial charge in [-0.05, 0) is 18.6 Å². The van der Waals surface area contributed by atoms with Crippen molar-refractivity contribution in [3.05, 3.63) is 23.7 Å². The van der Waals surface area contributed by atoms with Crippen molar-refractivity contribution < 1.29 is 19.1 Å². The van der Waals surface area contributed by atoms with Crippen molar-refractivity contribution in [1.82, 2.24) is 14.7 Å². The summed E-state index contributed by atoms with van der Waals surface area (Å²) in [6.07, 6.45) is 1.96. The average Bonchev–Trinajstić information content (AvgIpc) is 3.20. The molecule has 2 amide bonds. The van der Waals surface area contributed by atoms with Crippen LogP contribution in [0.5, 0.6) is 0 Å². The largest absolute Gasteiger partial charge is 0.481 e. The van der Waals surface area contributed by atoms with Gasteiger partial charge in [-0.1, -0.05) is 6.92 Å². The molecule has 0 radical (unpaired) electrons. The second kappa shape index (κ2) is 6.71. The summed E-state index contributed by atoms with van der Waals surface area (Å²) in [6, 6.07) is 3.87. The van der Waals surface area contributed by atoms with E-state index in [1.54, 1.807) is 19.0 Å². The lowest BCUT2D eigenvalue weighted by Gasteiger charge is -2.26. The summed E-state index contributed by atoms with van der Waals surface area (Å²) in [7, 11) is 3.39. The Kier molecular flexibility index (Phi) is 4.77. The van der Waals surface area contributed by atoms with Gasteiger partial charge in [0.2, 0.25) is 0 Å². The summed E-state index contributed by atoms with van der Waals surface area (Å²) in [4.78, 5) is 29.6. The Morgan fingerprint density at radius 3 is 2.60 bits per heavy atom. The van der Waals surface area contributed by atoms with Gasteiger partial charge >= 0.3 is 12.0 Å². The number of carbonyl (C=O) groups excluding carboxylic acids is 1. The van der Waals surface area contributed by atoms with Crippen molar-refractivity contribution in [3.8, 4) is 0 Å². The molecule has 7 nitrogen and oxygen atoms in total. The van der Waals surface area contributed by atoms with Crippen molar-refractivity contribution in [2.45, 2.75) is 26.3 Å². The van der Waals surface area contributed by atoms with Crippen LogP contribution in [-0.4, -0.2) is 72.1 Å². The number of aliphatic carboxylic acids is 1. The molecule has 2 saturated heterocycles. The van der Waals surface area contributed by atoms with Gasteiger partial charge < -0.3 is 19.3 Å². The number of hydrogen-bond acceptors (Lipinski definition) is 4. The minimum absolute atomic E-state index is 0.0426. The van der Waals surface area contributed by atoms with Crippen LogP contribution < -0.4 is 0 Å². The standard InChI is InChI=1S/C18H27N3O4/c1-4-5-14-6-7-15(25-14)10-20-8-13-9-21(17(24)19(2)3)12-18(13,11-20)16(22)23/h6-7,13H,4-5,8-12H2,1-3H3,(H,22,23)/t13-,18-/m0/s1. The van der Waals surface area contributed by atoms with E-state index < -0.39 is 11.4 Å².